The van der Waals surface area contributed by atoms with E-state index in [1.807, 2.05) is 72.8 Å². The average molecular weight is 831 g/mol. The molecule has 3 aromatic carbocycles. The van der Waals surface area contributed by atoms with Crippen molar-refractivity contribution in [3.8, 4) is 0 Å². The molecule has 1 spiro atoms. The largest absolute Gasteiger partial charge is 0.455 e. The molecule has 0 aliphatic carbocycles. The SMILES string of the molecule is C=CCCC(=O)N[C@@H](COC)[C@@H](OC(=O)[C@@H]1[C@H]2O[C@@]3(CC2Br)[C@H](C(=O)N(CC=C)c2ccc4ccccc4c2)N(CCCCCCO)C(=O)[C@@H]13)c1ccccc1. The van der Waals surface area contributed by atoms with Crippen molar-refractivity contribution >= 4 is 56.1 Å². The first-order chi connectivity index (χ1) is 27.2. The number of fused-ring (bicyclic) bond motifs is 2. The number of nitrogens with zero attached hydrogens (tertiary/aromatic N) is 2. The summed E-state index contributed by atoms with van der Waals surface area (Å²) >= 11 is 3.78. The van der Waals surface area contributed by atoms with Gasteiger partial charge in [0.2, 0.25) is 11.8 Å². The molecule has 2 N–H and O–H groups in total. The normalized spacial score (nSPS) is 24.7. The number of hydrogen-bond donors (Lipinski definition) is 2. The standard InChI is InChI=1S/C44H52BrN3O8/c1-4-6-20-35(50)46-34(28-54-3)38(30-17-10-9-11-18-30)55-43(53)36-37-41(51)48(24-14-7-8-15-25-49)40(44(37)27-33(45)39(36)56-44)42(52)47(23-5-2)32-22-21-29-16-12-13-19-31(29)26-32/h4-5,9-13,16-19,21-22,26,33-34,36-40,49H,1-2,6-8,14-15,20,23-25,27-28H2,3H3,(H,46,50)/t33?,34-,36-,37+,38-,39-,40-,44+/m0/s1. The molecule has 6 rings (SSSR count). The summed E-state index contributed by atoms with van der Waals surface area (Å²) in [5.41, 5.74) is -0.00919. The van der Waals surface area contributed by atoms with Crippen molar-refractivity contribution in [2.24, 2.45) is 11.8 Å². The molecule has 0 aromatic heterocycles. The van der Waals surface area contributed by atoms with Crippen LogP contribution < -0.4 is 10.2 Å². The highest BCUT2D eigenvalue weighted by molar-refractivity contribution is 9.09. The lowest BCUT2D eigenvalue weighted by atomic mass is 9.70. The summed E-state index contributed by atoms with van der Waals surface area (Å²) < 4.78 is 18.7. The van der Waals surface area contributed by atoms with Crippen LogP contribution in [0.25, 0.3) is 10.8 Å². The molecular weight excluding hydrogens is 778 g/mol. The number of methoxy groups -OCH3 is 1. The number of alkyl halides is 1. The fourth-order valence-corrected chi connectivity index (χ4v) is 9.68. The molecule has 56 heavy (non-hydrogen) atoms. The number of carbonyl (C=O) groups excluding carboxylic acids is 4. The van der Waals surface area contributed by atoms with Gasteiger partial charge in [-0.2, -0.15) is 0 Å². The quantitative estimate of drug-likeness (QED) is 0.0610. The molecule has 0 saturated carbocycles. The van der Waals surface area contributed by atoms with Gasteiger partial charge in [0.1, 0.15) is 17.7 Å². The molecular formula is C44H52BrN3O8. The highest BCUT2D eigenvalue weighted by Gasteiger charge is 2.77. The Bertz CT molecular complexity index is 1890. The minimum Gasteiger partial charge on any atom is -0.455 e. The van der Waals surface area contributed by atoms with E-state index in [9.17, 15) is 19.5 Å². The summed E-state index contributed by atoms with van der Waals surface area (Å²) in [6.45, 7) is 8.26. The number of halogens is 1. The number of unbranched alkanes of at least 4 members (excludes halogenated alkanes) is 3. The zero-order valence-electron chi connectivity index (χ0n) is 31.9. The van der Waals surface area contributed by atoms with Crippen LogP contribution in [-0.2, 0) is 33.4 Å². The van der Waals surface area contributed by atoms with Crippen LogP contribution in [0.3, 0.4) is 0 Å². The number of hydrogen-bond acceptors (Lipinski definition) is 8. The predicted octanol–water partition coefficient (Wildman–Crippen LogP) is 6.04. The molecule has 8 atom stereocenters. The van der Waals surface area contributed by atoms with Gasteiger partial charge < -0.3 is 34.4 Å². The Balaban J connectivity index is 1.36. The second kappa shape index (κ2) is 18.7. The second-order valence-electron chi connectivity index (χ2n) is 14.8. The Morgan fingerprint density at radius 2 is 1.77 bits per heavy atom. The lowest BCUT2D eigenvalue weighted by molar-refractivity contribution is -0.163. The number of ether oxygens (including phenoxy) is 3. The van der Waals surface area contributed by atoms with Crippen molar-refractivity contribution in [1.82, 2.24) is 10.2 Å². The predicted molar refractivity (Wildman–Crippen MR) is 218 cm³/mol. The van der Waals surface area contributed by atoms with Gasteiger partial charge in [-0.3, -0.25) is 19.2 Å². The van der Waals surface area contributed by atoms with E-state index >= 15 is 4.79 Å². The highest BCUT2D eigenvalue weighted by atomic mass is 79.9. The molecule has 1 unspecified atom stereocenters. The molecule has 298 valence electrons. The monoisotopic (exact) mass is 829 g/mol. The number of amides is 3. The van der Waals surface area contributed by atoms with Gasteiger partial charge in [0.05, 0.1) is 30.6 Å². The minimum atomic E-state index is -1.31. The van der Waals surface area contributed by atoms with Crippen LogP contribution in [0.4, 0.5) is 5.69 Å². The first-order valence-corrected chi connectivity index (χ1v) is 20.4. The zero-order chi connectivity index (χ0) is 39.8. The van der Waals surface area contributed by atoms with Gasteiger partial charge in [0.15, 0.2) is 0 Å². The summed E-state index contributed by atoms with van der Waals surface area (Å²) in [4.78, 5) is 60.6. The zero-order valence-corrected chi connectivity index (χ0v) is 33.5. The second-order valence-corrected chi connectivity index (χ2v) is 16.0. The van der Waals surface area contributed by atoms with Crippen molar-refractivity contribution in [3.05, 3.63) is 104 Å². The molecule has 3 aliphatic heterocycles. The molecule has 0 radical (unpaired) electrons. The van der Waals surface area contributed by atoms with E-state index in [0.717, 1.165) is 23.6 Å². The molecule has 11 nitrogen and oxygen atoms in total. The van der Waals surface area contributed by atoms with Crippen molar-refractivity contribution in [3.63, 3.8) is 0 Å². The first-order valence-electron chi connectivity index (χ1n) is 19.5. The lowest BCUT2D eigenvalue weighted by Gasteiger charge is -2.37. The number of aliphatic hydroxyl groups excluding tert-OH is 1. The molecule has 12 heteroatoms. The van der Waals surface area contributed by atoms with Gasteiger partial charge in [-0.25, -0.2) is 0 Å². The Hall–Kier alpha value is -4.36. The average Bonchev–Trinajstić information content (AvgIpc) is 3.80. The number of esters is 1. The van der Waals surface area contributed by atoms with Gasteiger partial charge in [-0.15, -0.1) is 13.2 Å². The molecule has 3 fully saturated rings. The number of rotatable bonds is 20. The van der Waals surface area contributed by atoms with Crippen molar-refractivity contribution < 1.29 is 38.5 Å². The molecule has 3 aromatic rings. The maximum absolute atomic E-state index is 15.2. The van der Waals surface area contributed by atoms with Gasteiger partial charge in [-0.05, 0) is 54.2 Å². The van der Waals surface area contributed by atoms with Gasteiger partial charge in [0.25, 0.3) is 5.91 Å². The van der Waals surface area contributed by atoms with Gasteiger partial charge in [0, 0.05) is 43.7 Å². The van der Waals surface area contributed by atoms with Gasteiger partial charge >= 0.3 is 5.97 Å². The van der Waals surface area contributed by atoms with Crippen LogP contribution in [0, 0.1) is 11.8 Å². The van der Waals surface area contributed by atoms with E-state index < -0.39 is 47.7 Å². The fourth-order valence-electron chi connectivity index (χ4n) is 8.74. The lowest BCUT2D eigenvalue weighted by Crippen LogP contribution is -2.57. The maximum atomic E-state index is 15.2. The summed E-state index contributed by atoms with van der Waals surface area (Å²) in [6.07, 6.45) is 5.41. The van der Waals surface area contributed by atoms with Crippen LogP contribution in [-0.4, -0.2) is 95.7 Å². The van der Waals surface area contributed by atoms with E-state index in [1.165, 1.54) is 7.11 Å². The molecule has 3 saturated heterocycles. The van der Waals surface area contributed by atoms with E-state index in [2.05, 4.69) is 34.4 Å². The molecule has 3 heterocycles. The third-order valence-corrected chi connectivity index (χ3v) is 12.1. The Kier molecular flexibility index (Phi) is 13.8. The van der Waals surface area contributed by atoms with Crippen molar-refractivity contribution in [1.29, 1.82) is 0 Å². The molecule has 2 bridgehead atoms. The summed E-state index contributed by atoms with van der Waals surface area (Å²) in [7, 11) is 1.51. The Morgan fingerprint density at radius 3 is 2.48 bits per heavy atom. The summed E-state index contributed by atoms with van der Waals surface area (Å²) in [5, 5.41) is 14.3. The topological polar surface area (TPSA) is 135 Å². The number of likely N-dealkylation sites (tertiary alicyclic amines) is 1. The van der Waals surface area contributed by atoms with Crippen LogP contribution in [0.15, 0.2) is 98.1 Å². The Labute approximate surface area is 337 Å². The van der Waals surface area contributed by atoms with Crippen LogP contribution >= 0.6 is 15.9 Å². The van der Waals surface area contributed by atoms with Gasteiger partial charge in [-0.1, -0.05) is 102 Å². The van der Waals surface area contributed by atoms with Crippen molar-refractivity contribution in [2.75, 3.05) is 38.3 Å². The minimum absolute atomic E-state index is 0.0547. The summed E-state index contributed by atoms with van der Waals surface area (Å²) in [6, 6.07) is 21.1. The van der Waals surface area contributed by atoms with E-state index in [-0.39, 0.29) is 55.3 Å². The number of allylic oxidation sites excluding steroid dienone is 1. The van der Waals surface area contributed by atoms with E-state index in [4.69, 9.17) is 14.2 Å². The number of anilines is 1. The number of aliphatic hydroxyl groups is 1. The van der Waals surface area contributed by atoms with Crippen LogP contribution in [0.5, 0.6) is 0 Å². The number of benzene rings is 3. The molecule has 3 aliphatic rings. The number of nitrogens with one attached hydrogen (secondary N) is 1. The highest BCUT2D eigenvalue weighted by Crippen LogP contribution is 2.60. The molecule has 3 amide bonds. The third kappa shape index (κ3) is 8.34. The first kappa shape index (κ1) is 41.3. The van der Waals surface area contributed by atoms with Crippen LogP contribution in [0.2, 0.25) is 0 Å². The Morgan fingerprint density at radius 1 is 1.04 bits per heavy atom. The number of carbonyl (C=O) groups is 4. The van der Waals surface area contributed by atoms with Crippen LogP contribution in [0.1, 0.15) is 56.6 Å². The summed E-state index contributed by atoms with van der Waals surface area (Å²) in [5.74, 6) is -3.55. The smallest absolute Gasteiger partial charge is 0.313 e. The fraction of sp³-hybridized carbons (Fsp3) is 0.455. The maximum Gasteiger partial charge on any atom is 0.313 e. The van der Waals surface area contributed by atoms with E-state index in [0.29, 0.717) is 36.9 Å². The third-order valence-electron chi connectivity index (χ3n) is 11.2. The van der Waals surface area contributed by atoms with E-state index in [1.54, 1.807) is 22.0 Å². The van der Waals surface area contributed by atoms with Crippen molar-refractivity contribution in [2.45, 2.75) is 79.7 Å².